The fourth-order valence-electron chi connectivity index (χ4n) is 3.59. The minimum Gasteiger partial charge on any atom is -0.0796 e. The summed E-state index contributed by atoms with van der Waals surface area (Å²) in [6.45, 7) is 7.21. The van der Waals surface area contributed by atoms with Crippen LogP contribution in [0, 0.1) is 23.2 Å². The van der Waals surface area contributed by atoms with Crippen LogP contribution in [-0.2, 0) is 0 Å². The van der Waals surface area contributed by atoms with E-state index in [2.05, 4.69) is 36.5 Å². The van der Waals surface area contributed by atoms with Gasteiger partial charge in [0.1, 0.15) is 0 Å². The van der Waals surface area contributed by atoms with E-state index < -0.39 is 0 Å². The van der Waals surface area contributed by atoms with Gasteiger partial charge in [0.05, 0.1) is 15.7 Å². The first-order valence-corrected chi connectivity index (χ1v) is 6.79. The maximum atomic E-state index is 2.47. The predicted octanol–water partition coefficient (Wildman–Crippen LogP) is 2.24. The molecule has 2 aliphatic carbocycles. The van der Waals surface area contributed by atoms with Crippen LogP contribution in [0.3, 0.4) is 0 Å². The van der Waals surface area contributed by atoms with Gasteiger partial charge in [-0.25, -0.2) is 0 Å². The molecule has 0 radical (unpaired) electrons. The highest BCUT2D eigenvalue weighted by Crippen LogP contribution is 2.55. The zero-order valence-electron chi connectivity index (χ0n) is 11.3. The summed E-state index contributed by atoms with van der Waals surface area (Å²) in [6.07, 6.45) is 7.64. The molecule has 0 N–H and O–H groups in total. The van der Waals surface area contributed by atoms with Gasteiger partial charge < -0.3 is 0 Å². The second-order valence-electron chi connectivity index (χ2n) is 7.77. The first kappa shape index (κ1) is 11.6. The van der Waals surface area contributed by atoms with Crippen LogP contribution < -0.4 is 0 Å². The Hall–Kier alpha value is 0.130. The minimum atomic E-state index is 0.453. The Balaban J connectivity index is 1.97. The van der Waals surface area contributed by atoms with E-state index in [9.17, 15) is 0 Å². The van der Waals surface area contributed by atoms with Gasteiger partial charge in [0, 0.05) is 0 Å². The average molecular weight is 204 g/mol. The van der Waals surface area contributed by atoms with Crippen molar-refractivity contribution in [2.75, 3.05) is 0 Å². The molecule has 3 unspecified atom stereocenters. The number of fused-ring (bicyclic) bond motifs is 2. The topological polar surface area (TPSA) is 0 Å². The SMILES string of the molecule is BC(B)(CC1CC2CCC1C2)C(C)(C)C. The van der Waals surface area contributed by atoms with Crippen LogP contribution in [0.4, 0.5) is 0 Å². The van der Waals surface area contributed by atoms with E-state index in [4.69, 9.17) is 0 Å². The second-order valence-corrected chi connectivity index (χ2v) is 7.77. The van der Waals surface area contributed by atoms with Crippen LogP contribution in [0.5, 0.6) is 0 Å². The zero-order valence-corrected chi connectivity index (χ0v) is 11.3. The summed E-state index contributed by atoms with van der Waals surface area (Å²) in [6, 6.07) is 0. The quantitative estimate of drug-likeness (QED) is 0.605. The first-order valence-electron chi connectivity index (χ1n) is 6.79. The highest BCUT2D eigenvalue weighted by Gasteiger charge is 2.43. The lowest BCUT2D eigenvalue weighted by molar-refractivity contribution is 0.237. The van der Waals surface area contributed by atoms with Crippen molar-refractivity contribution >= 4 is 15.7 Å². The van der Waals surface area contributed by atoms with Crippen molar-refractivity contribution in [1.82, 2.24) is 0 Å². The fourth-order valence-corrected chi connectivity index (χ4v) is 3.59. The monoisotopic (exact) mass is 204 g/mol. The van der Waals surface area contributed by atoms with Crippen LogP contribution in [0.1, 0.15) is 52.9 Å². The van der Waals surface area contributed by atoms with Gasteiger partial charge >= 0.3 is 0 Å². The van der Waals surface area contributed by atoms with Crippen LogP contribution >= 0.6 is 0 Å². The lowest BCUT2D eigenvalue weighted by atomic mass is 9.40. The smallest absolute Gasteiger partial charge is 0.0796 e. The highest BCUT2D eigenvalue weighted by atomic mass is 14.5. The van der Waals surface area contributed by atoms with Crippen molar-refractivity contribution < 1.29 is 0 Å². The van der Waals surface area contributed by atoms with Gasteiger partial charge in [-0.1, -0.05) is 38.8 Å². The average Bonchev–Trinajstić information content (AvgIpc) is 2.61. The van der Waals surface area contributed by atoms with Crippen LogP contribution in [0.15, 0.2) is 0 Å². The van der Waals surface area contributed by atoms with E-state index in [0.717, 1.165) is 17.8 Å². The van der Waals surface area contributed by atoms with E-state index in [1.807, 2.05) is 0 Å². The Bertz CT molecular complexity index is 239. The third-order valence-electron chi connectivity index (χ3n) is 5.69. The summed E-state index contributed by atoms with van der Waals surface area (Å²) in [4.78, 5) is 0. The lowest BCUT2D eigenvalue weighted by Crippen LogP contribution is -2.33. The maximum absolute atomic E-state index is 2.47. The number of hydrogen-bond acceptors (Lipinski definition) is 0. The van der Waals surface area contributed by atoms with Gasteiger partial charge in [0.2, 0.25) is 0 Å². The first-order chi connectivity index (χ1) is 6.79. The molecule has 15 heavy (non-hydrogen) atoms. The van der Waals surface area contributed by atoms with E-state index in [1.165, 1.54) is 19.3 Å². The van der Waals surface area contributed by atoms with Gasteiger partial charge in [-0.15, -0.1) is 0 Å². The Morgan fingerprint density at radius 3 is 2.13 bits per heavy atom. The molecule has 0 heterocycles. The van der Waals surface area contributed by atoms with Gasteiger partial charge in [0.15, 0.2) is 0 Å². The molecule has 2 aliphatic rings. The molecule has 2 bridgehead atoms. The van der Waals surface area contributed by atoms with E-state index in [-0.39, 0.29) is 0 Å². The van der Waals surface area contributed by atoms with Crippen LogP contribution in [0.25, 0.3) is 0 Å². The molecule has 0 aromatic rings. The van der Waals surface area contributed by atoms with Crippen LogP contribution in [-0.4, -0.2) is 15.7 Å². The Kier molecular flexibility index (Phi) is 2.76. The Morgan fingerprint density at radius 1 is 1.07 bits per heavy atom. The molecule has 0 saturated heterocycles. The largest absolute Gasteiger partial charge is 0.0998 e. The molecule has 0 aromatic carbocycles. The van der Waals surface area contributed by atoms with Crippen molar-refractivity contribution in [1.29, 1.82) is 0 Å². The second kappa shape index (κ2) is 3.57. The summed E-state index contributed by atoms with van der Waals surface area (Å²) < 4.78 is 0. The molecule has 0 amide bonds. The van der Waals surface area contributed by atoms with E-state index in [1.54, 1.807) is 12.8 Å². The summed E-state index contributed by atoms with van der Waals surface area (Å²) >= 11 is 0. The maximum Gasteiger partial charge on any atom is 0.0998 e. The summed E-state index contributed by atoms with van der Waals surface area (Å²) in [5.41, 5.74) is 0.453. The molecular formula is C13H26B2. The van der Waals surface area contributed by atoms with Crippen molar-refractivity contribution in [3.05, 3.63) is 0 Å². The molecule has 2 fully saturated rings. The third-order valence-corrected chi connectivity index (χ3v) is 5.69. The minimum absolute atomic E-state index is 0.453. The Morgan fingerprint density at radius 2 is 1.73 bits per heavy atom. The molecular weight excluding hydrogens is 178 g/mol. The van der Waals surface area contributed by atoms with Gasteiger partial charge in [-0.05, 0) is 42.4 Å². The van der Waals surface area contributed by atoms with E-state index in [0.29, 0.717) is 10.6 Å². The molecule has 3 atom stereocenters. The Labute approximate surface area is 97.4 Å². The summed E-state index contributed by atoms with van der Waals surface area (Å²) in [5.74, 6) is 3.25. The molecule has 0 aliphatic heterocycles. The summed E-state index contributed by atoms with van der Waals surface area (Å²) in [5, 5.41) is 0.502. The van der Waals surface area contributed by atoms with Gasteiger partial charge in [-0.2, -0.15) is 0 Å². The zero-order chi connectivity index (χ0) is 11.3. The molecule has 0 aromatic heterocycles. The van der Waals surface area contributed by atoms with Crippen LogP contribution in [0.2, 0.25) is 5.21 Å². The number of rotatable bonds is 2. The highest BCUT2D eigenvalue weighted by molar-refractivity contribution is 6.40. The molecule has 2 rings (SSSR count). The fraction of sp³-hybridized carbons (Fsp3) is 1.00. The molecule has 0 nitrogen and oxygen atoms in total. The van der Waals surface area contributed by atoms with Gasteiger partial charge in [-0.3, -0.25) is 0 Å². The molecule has 0 spiro atoms. The van der Waals surface area contributed by atoms with Crippen molar-refractivity contribution in [2.24, 2.45) is 23.2 Å². The van der Waals surface area contributed by atoms with Gasteiger partial charge in [0.25, 0.3) is 0 Å². The molecule has 2 heteroatoms. The molecule has 2 saturated carbocycles. The standard InChI is InChI=1S/C13H26B2/c1-12(2,3)13(14,15)8-11-7-9-4-5-10(11)6-9/h9-11H,4-8,14-15H2,1-3H3. The molecule has 84 valence electrons. The predicted molar refractivity (Wildman–Crippen MR) is 72.8 cm³/mol. The van der Waals surface area contributed by atoms with E-state index >= 15 is 0 Å². The third kappa shape index (κ3) is 2.15. The normalized spacial score (nSPS) is 36.1. The number of hydrogen-bond donors (Lipinski definition) is 0. The van der Waals surface area contributed by atoms with Crippen molar-refractivity contribution in [3.8, 4) is 0 Å². The van der Waals surface area contributed by atoms with Crippen molar-refractivity contribution in [2.45, 2.75) is 58.1 Å². The lowest BCUT2D eigenvalue weighted by Gasteiger charge is -2.42. The summed E-state index contributed by atoms with van der Waals surface area (Å²) in [7, 11) is 4.94. The van der Waals surface area contributed by atoms with Crippen molar-refractivity contribution in [3.63, 3.8) is 0 Å².